The van der Waals surface area contributed by atoms with Crippen LogP contribution in [0.15, 0.2) is 48.7 Å². The molecule has 3 atom stereocenters. The highest BCUT2D eigenvalue weighted by atomic mass is 32.2. The number of aromatic amines is 1. The third-order valence-corrected chi connectivity index (χ3v) is 7.52. The fourth-order valence-corrected chi connectivity index (χ4v) is 5.65. The van der Waals surface area contributed by atoms with Gasteiger partial charge in [-0.1, -0.05) is 36.0 Å². The van der Waals surface area contributed by atoms with Gasteiger partial charge in [0.1, 0.15) is 6.04 Å². The molecule has 1 aliphatic carbocycles. The molecule has 8 heteroatoms. The van der Waals surface area contributed by atoms with Crippen molar-refractivity contribution < 1.29 is 19.1 Å². The molecule has 35 heavy (non-hydrogen) atoms. The first kappa shape index (κ1) is 24.6. The van der Waals surface area contributed by atoms with E-state index < -0.39 is 17.9 Å². The maximum absolute atomic E-state index is 13.6. The molecule has 0 aliphatic heterocycles. The number of ether oxygens (including phenoxy) is 1. The smallest absolute Gasteiger partial charge is 0.328 e. The van der Waals surface area contributed by atoms with Crippen molar-refractivity contribution in [3.8, 4) is 6.07 Å². The molecule has 180 valence electrons. The fraction of sp³-hybridized carbons (Fsp3) is 0.333. The van der Waals surface area contributed by atoms with E-state index in [1.54, 1.807) is 6.07 Å². The highest BCUT2D eigenvalue weighted by Gasteiger charge is 2.36. The lowest BCUT2D eigenvalue weighted by Gasteiger charge is -2.26. The van der Waals surface area contributed by atoms with Crippen molar-refractivity contribution in [1.29, 1.82) is 5.26 Å². The number of carbonyl (C=O) groups excluding carboxylic acids is 3. The number of fused-ring (bicyclic) bond motifs is 2. The van der Waals surface area contributed by atoms with E-state index in [9.17, 15) is 19.6 Å². The largest absolute Gasteiger partial charge is 0.467 e. The summed E-state index contributed by atoms with van der Waals surface area (Å²) in [6.45, 7) is 1.48. The molecule has 4 rings (SSSR count). The maximum atomic E-state index is 13.6. The van der Waals surface area contributed by atoms with Crippen LogP contribution in [0.3, 0.4) is 0 Å². The number of thioether (sulfide) groups is 1. The van der Waals surface area contributed by atoms with Crippen LogP contribution in [0.1, 0.15) is 41.5 Å². The maximum Gasteiger partial charge on any atom is 0.328 e. The lowest BCUT2D eigenvalue weighted by atomic mass is 9.87. The predicted molar refractivity (Wildman–Crippen MR) is 135 cm³/mol. The van der Waals surface area contributed by atoms with Crippen LogP contribution in [0.2, 0.25) is 0 Å². The fourth-order valence-electron chi connectivity index (χ4n) is 4.85. The van der Waals surface area contributed by atoms with Gasteiger partial charge in [-0.15, -0.1) is 0 Å². The summed E-state index contributed by atoms with van der Waals surface area (Å²) < 4.78 is 5.01. The van der Waals surface area contributed by atoms with Crippen molar-refractivity contribution in [2.75, 3.05) is 12.9 Å². The number of nitrogens with zero attached hydrogens (tertiary/aromatic N) is 1. The summed E-state index contributed by atoms with van der Waals surface area (Å²) in [4.78, 5) is 41.2. The number of hydrogen-bond donors (Lipinski definition) is 2. The quantitative estimate of drug-likeness (QED) is 0.465. The topological polar surface area (TPSA) is 112 Å². The van der Waals surface area contributed by atoms with E-state index in [4.69, 9.17) is 4.74 Å². The molecule has 2 aromatic carbocycles. The number of carbonyl (C=O) groups is 3. The van der Waals surface area contributed by atoms with Crippen LogP contribution in [0.5, 0.6) is 0 Å². The normalized spacial score (nSPS) is 16.2. The molecule has 7 nitrogen and oxygen atoms in total. The second-order valence-corrected chi connectivity index (χ2v) is 9.92. The Morgan fingerprint density at radius 1 is 1.26 bits per heavy atom. The van der Waals surface area contributed by atoms with Gasteiger partial charge < -0.3 is 15.0 Å². The molecule has 1 aliphatic rings. The van der Waals surface area contributed by atoms with Gasteiger partial charge in [0.05, 0.1) is 24.7 Å². The van der Waals surface area contributed by atoms with Crippen LogP contribution >= 0.6 is 11.8 Å². The van der Waals surface area contributed by atoms with Gasteiger partial charge >= 0.3 is 5.97 Å². The second-order valence-electron chi connectivity index (χ2n) is 8.73. The molecule has 0 bridgehead atoms. The van der Waals surface area contributed by atoms with E-state index in [0.29, 0.717) is 11.3 Å². The van der Waals surface area contributed by atoms with Crippen molar-refractivity contribution in [3.05, 3.63) is 70.9 Å². The van der Waals surface area contributed by atoms with Crippen LogP contribution in [-0.2, 0) is 32.0 Å². The Morgan fingerprint density at radius 2 is 2.06 bits per heavy atom. The van der Waals surface area contributed by atoms with Crippen molar-refractivity contribution in [2.45, 2.75) is 38.1 Å². The average Bonchev–Trinajstić information content (AvgIpc) is 3.47. The molecule has 3 aromatic rings. The number of aromatic nitrogens is 1. The molecule has 2 N–H and O–H groups in total. The van der Waals surface area contributed by atoms with Gasteiger partial charge in [-0.05, 0) is 53.6 Å². The van der Waals surface area contributed by atoms with E-state index in [1.165, 1.54) is 14.0 Å². The van der Waals surface area contributed by atoms with Crippen molar-refractivity contribution >= 4 is 39.7 Å². The second kappa shape index (κ2) is 10.8. The van der Waals surface area contributed by atoms with Crippen LogP contribution in [0.25, 0.3) is 10.9 Å². The van der Waals surface area contributed by atoms with Gasteiger partial charge in [-0.3, -0.25) is 9.59 Å². The zero-order valence-electron chi connectivity index (χ0n) is 19.7. The number of hydrogen-bond acceptors (Lipinski definition) is 6. The minimum Gasteiger partial charge on any atom is -0.467 e. The summed E-state index contributed by atoms with van der Waals surface area (Å²) in [6.07, 6.45) is 3.63. The third kappa shape index (κ3) is 5.41. The summed E-state index contributed by atoms with van der Waals surface area (Å²) in [6, 6.07) is 14.6. The molecule has 1 heterocycles. The van der Waals surface area contributed by atoms with Crippen LogP contribution in [-0.4, -0.2) is 40.9 Å². The number of amides is 1. The number of aryl methyl sites for hydroxylation is 1. The van der Waals surface area contributed by atoms with E-state index in [2.05, 4.69) is 16.4 Å². The molecular weight excluding hydrogens is 462 g/mol. The average molecular weight is 490 g/mol. The van der Waals surface area contributed by atoms with E-state index in [0.717, 1.165) is 52.2 Å². The van der Waals surface area contributed by atoms with Crippen molar-refractivity contribution in [3.63, 3.8) is 0 Å². The Kier molecular flexibility index (Phi) is 7.57. The molecule has 0 spiro atoms. The molecule has 0 saturated heterocycles. The number of para-hydroxylation sites is 1. The van der Waals surface area contributed by atoms with Gasteiger partial charge in [0, 0.05) is 36.2 Å². The molecule has 1 aromatic heterocycles. The van der Waals surface area contributed by atoms with Gasteiger partial charge in [0.15, 0.2) is 5.12 Å². The predicted octanol–water partition coefficient (Wildman–Crippen LogP) is 3.87. The molecule has 0 radical (unpaired) electrons. The first-order valence-electron chi connectivity index (χ1n) is 11.5. The highest BCUT2D eigenvalue weighted by Crippen LogP contribution is 2.40. The van der Waals surface area contributed by atoms with Crippen LogP contribution < -0.4 is 5.32 Å². The zero-order valence-corrected chi connectivity index (χ0v) is 20.5. The summed E-state index contributed by atoms with van der Waals surface area (Å²) >= 11 is 1.11. The van der Waals surface area contributed by atoms with E-state index >= 15 is 0 Å². The van der Waals surface area contributed by atoms with Gasteiger partial charge in [-0.25, -0.2) is 4.79 Å². The van der Waals surface area contributed by atoms with E-state index in [-0.39, 0.29) is 23.4 Å². The standard InChI is InChI=1S/C27H27N3O4S/c1-16(31)35-15-23(22-10-8-18-11-17(13-28)7-9-20(18)22)26(32)30-25(27(33)34-2)12-19-14-29-24-6-4-3-5-21(19)24/h3-7,9,11,14,22-23,25,29H,8,10,12,15H2,1-2H3,(H,30,32). The Bertz CT molecular complexity index is 1310. The number of H-pyrrole nitrogens is 1. The lowest BCUT2D eigenvalue weighted by molar-refractivity contribution is -0.145. The summed E-state index contributed by atoms with van der Waals surface area (Å²) in [5.41, 5.74) is 4.53. The van der Waals surface area contributed by atoms with Crippen LogP contribution in [0, 0.1) is 17.2 Å². The number of methoxy groups -OCH3 is 1. The summed E-state index contributed by atoms with van der Waals surface area (Å²) in [5, 5.41) is 13.1. The Balaban J connectivity index is 1.58. The monoisotopic (exact) mass is 489 g/mol. The first-order chi connectivity index (χ1) is 16.9. The highest BCUT2D eigenvalue weighted by molar-refractivity contribution is 8.13. The summed E-state index contributed by atoms with van der Waals surface area (Å²) in [7, 11) is 1.31. The number of benzene rings is 2. The Labute approximate surface area is 208 Å². The molecule has 0 fully saturated rings. The van der Waals surface area contributed by atoms with Gasteiger partial charge in [-0.2, -0.15) is 5.26 Å². The number of nitriles is 1. The number of nitrogens with one attached hydrogen (secondary N) is 2. The van der Waals surface area contributed by atoms with Crippen LogP contribution in [0.4, 0.5) is 0 Å². The van der Waals surface area contributed by atoms with Crippen molar-refractivity contribution in [2.24, 2.45) is 5.92 Å². The molecule has 3 unspecified atom stereocenters. The molecular formula is C27H27N3O4S. The number of rotatable bonds is 8. The molecule has 0 saturated carbocycles. The van der Waals surface area contributed by atoms with Gasteiger partial charge in [0.2, 0.25) is 5.91 Å². The lowest BCUT2D eigenvalue weighted by Crippen LogP contribution is -2.47. The minimum absolute atomic E-state index is 0.0656. The van der Waals surface area contributed by atoms with Crippen molar-refractivity contribution in [1.82, 2.24) is 10.3 Å². The number of esters is 1. The third-order valence-electron chi connectivity index (χ3n) is 6.59. The summed E-state index contributed by atoms with van der Waals surface area (Å²) in [5.74, 6) is -1.10. The molecule has 1 amide bonds. The Hall–Kier alpha value is -3.57. The minimum atomic E-state index is -0.863. The van der Waals surface area contributed by atoms with Gasteiger partial charge in [0.25, 0.3) is 0 Å². The SMILES string of the molecule is COC(=O)C(Cc1c[nH]c2ccccc12)NC(=O)C(CSC(C)=O)C1CCc2cc(C#N)ccc21. The zero-order chi connectivity index (χ0) is 24.9. The Morgan fingerprint density at radius 3 is 2.80 bits per heavy atom. The first-order valence-corrected chi connectivity index (χ1v) is 12.5. The van der Waals surface area contributed by atoms with E-state index in [1.807, 2.05) is 42.6 Å².